The maximum atomic E-state index is 14.6. The highest BCUT2D eigenvalue weighted by molar-refractivity contribution is 5.95. The second-order valence-electron chi connectivity index (χ2n) is 6.68. The lowest BCUT2D eigenvalue weighted by molar-refractivity contribution is 0.0739. The molecule has 1 saturated heterocycles. The molecule has 2 N–H and O–H groups in total. The van der Waals surface area contributed by atoms with Gasteiger partial charge in [-0.3, -0.25) is 4.79 Å². The molecule has 1 amide bonds. The van der Waals surface area contributed by atoms with Crippen molar-refractivity contribution >= 4 is 5.91 Å². The van der Waals surface area contributed by atoms with Crippen LogP contribution in [-0.2, 0) is 0 Å². The highest BCUT2D eigenvalue weighted by Crippen LogP contribution is 2.29. The molecule has 2 atom stereocenters. The molecule has 138 valence electrons. The van der Waals surface area contributed by atoms with Crippen LogP contribution in [0.5, 0.6) is 5.75 Å². The third kappa shape index (κ3) is 3.42. The SMILES string of the molecule is COc1ccc(-c2ccc(C(=O)N3CC(CN)CC3C)c(F)c2)c(F)c1. The van der Waals surface area contributed by atoms with E-state index in [9.17, 15) is 13.6 Å². The van der Waals surface area contributed by atoms with E-state index in [-0.39, 0.29) is 29.0 Å². The molecular weight excluding hydrogens is 338 g/mol. The lowest BCUT2D eigenvalue weighted by atomic mass is 10.0. The van der Waals surface area contributed by atoms with Crippen LogP contribution in [-0.4, -0.2) is 37.0 Å². The second-order valence-corrected chi connectivity index (χ2v) is 6.68. The van der Waals surface area contributed by atoms with Gasteiger partial charge in [-0.1, -0.05) is 6.07 Å². The van der Waals surface area contributed by atoms with E-state index >= 15 is 0 Å². The highest BCUT2D eigenvalue weighted by atomic mass is 19.1. The Labute approximate surface area is 151 Å². The molecule has 1 aliphatic rings. The normalized spacial score (nSPS) is 19.7. The van der Waals surface area contributed by atoms with E-state index in [1.165, 1.54) is 31.4 Å². The maximum Gasteiger partial charge on any atom is 0.257 e. The van der Waals surface area contributed by atoms with Gasteiger partial charge in [0, 0.05) is 24.2 Å². The zero-order chi connectivity index (χ0) is 18.8. The molecule has 2 unspecified atom stereocenters. The molecule has 0 aromatic heterocycles. The summed E-state index contributed by atoms with van der Waals surface area (Å²) in [4.78, 5) is 14.3. The summed E-state index contributed by atoms with van der Waals surface area (Å²) >= 11 is 0. The molecule has 2 aromatic rings. The summed E-state index contributed by atoms with van der Waals surface area (Å²) in [6.07, 6.45) is 0.818. The average molecular weight is 360 g/mol. The Hall–Kier alpha value is -2.47. The Bertz CT molecular complexity index is 825. The van der Waals surface area contributed by atoms with Crippen LogP contribution in [0.1, 0.15) is 23.7 Å². The molecule has 0 saturated carbocycles. The van der Waals surface area contributed by atoms with E-state index in [0.717, 1.165) is 6.42 Å². The zero-order valence-electron chi connectivity index (χ0n) is 14.8. The van der Waals surface area contributed by atoms with Crippen LogP contribution in [0.2, 0.25) is 0 Å². The van der Waals surface area contributed by atoms with E-state index in [1.807, 2.05) is 6.92 Å². The molecule has 0 aliphatic carbocycles. The number of amides is 1. The summed E-state index contributed by atoms with van der Waals surface area (Å²) < 4.78 is 33.8. The molecule has 0 bridgehead atoms. The van der Waals surface area contributed by atoms with Crippen LogP contribution in [0.25, 0.3) is 11.1 Å². The first kappa shape index (κ1) is 18.3. The zero-order valence-corrected chi connectivity index (χ0v) is 14.8. The predicted molar refractivity (Wildman–Crippen MR) is 96.0 cm³/mol. The smallest absolute Gasteiger partial charge is 0.257 e. The topological polar surface area (TPSA) is 55.6 Å². The lowest BCUT2D eigenvalue weighted by Crippen LogP contribution is -2.35. The Morgan fingerprint density at radius 1 is 1.23 bits per heavy atom. The molecule has 0 radical (unpaired) electrons. The Balaban J connectivity index is 1.87. The van der Waals surface area contributed by atoms with Crippen molar-refractivity contribution in [2.75, 3.05) is 20.2 Å². The number of carbonyl (C=O) groups excluding carboxylic acids is 1. The number of halogens is 2. The molecule has 1 heterocycles. The van der Waals surface area contributed by atoms with E-state index < -0.39 is 11.6 Å². The minimum absolute atomic E-state index is 0.00723. The maximum absolute atomic E-state index is 14.6. The fourth-order valence-electron chi connectivity index (χ4n) is 3.46. The number of likely N-dealkylation sites (tertiary alicyclic amines) is 1. The molecule has 6 heteroatoms. The fourth-order valence-corrected chi connectivity index (χ4v) is 3.46. The van der Waals surface area contributed by atoms with Crippen molar-refractivity contribution in [1.29, 1.82) is 0 Å². The van der Waals surface area contributed by atoms with Crippen LogP contribution in [0.3, 0.4) is 0 Å². The van der Waals surface area contributed by atoms with Gasteiger partial charge in [0.2, 0.25) is 0 Å². The first-order valence-corrected chi connectivity index (χ1v) is 8.59. The van der Waals surface area contributed by atoms with Crippen LogP contribution < -0.4 is 10.5 Å². The van der Waals surface area contributed by atoms with Gasteiger partial charge < -0.3 is 15.4 Å². The van der Waals surface area contributed by atoms with Crippen molar-refractivity contribution in [3.63, 3.8) is 0 Å². The van der Waals surface area contributed by atoms with Crippen molar-refractivity contribution in [3.8, 4) is 16.9 Å². The highest BCUT2D eigenvalue weighted by Gasteiger charge is 2.33. The summed E-state index contributed by atoms with van der Waals surface area (Å²) in [5.41, 5.74) is 6.30. The lowest BCUT2D eigenvalue weighted by Gasteiger charge is -2.22. The van der Waals surface area contributed by atoms with Crippen molar-refractivity contribution in [1.82, 2.24) is 4.90 Å². The van der Waals surface area contributed by atoms with E-state index in [2.05, 4.69) is 0 Å². The molecule has 1 fully saturated rings. The second kappa shape index (κ2) is 7.41. The monoisotopic (exact) mass is 360 g/mol. The van der Waals surface area contributed by atoms with Gasteiger partial charge >= 0.3 is 0 Å². The molecule has 4 nitrogen and oxygen atoms in total. The summed E-state index contributed by atoms with van der Waals surface area (Å²) in [6.45, 7) is 2.98. The van der Waals surface area contributed by atoms with Gasteiger partial charge in [0.05, 0.1) is 12.7 Å². The average Bonchev–Trinajstić information content (AvgIpc) is 3.02. The van der Waals surface area contributed by atoms with Gasteiger partial charge in [-0.2, -0.15) is 0 Å². The standard InChI is InChI=1S/C20H22F2N2O2/c1-12-7-13(10-23)11-24(12)20(25)17-5-3-14(8-18(17)21)16-6-4-15(26-2)9-19(16)22/h3-6,8-9,12-13H,7,10-11,23H2,1-2H3. The Kier molecular flexibility index (Phi) is 5.23. The van der Waals surface area contributed by atoms with Gasteiger partial charge in [0.1, 0.15) is 17.4 Å². The summed E-state index contributed by atoms with van der Waals surface area (Å²) in [5.74, 6) is -0.902. The van der Waals surface area contributed by atoms with E-state index in [0.29, 0.717) is 24.4 Å². The number of methoxy groups -OCH3 is 1. The van der Waals surface area contributed by atoms with Gasteiger partial charge in [-0.05, 0) is 55.6 Å². The molecule has 1 aliphatic heterocycles. The number of hydrogen-bond donors (Lipinski definition) is 1. The fraction of sp³-hybridized carbons (Fsp3) is 0.350. The number of hydrogen-bond acceptors (Lipinski definition) is 3. The van der Waals surface area contributed by atoms with E-state index in [4.69, 9.17) is 10.5 Å². The number of rotatable bonds is 4. The summed E-state index contributed by atoms with van der Waals surface area (Å²) in [6, 6.07) is 8.56. The van der Waals surface area contributed by atoms with Crippen molar-refractivity contribution < 1.29 is 18.3 Å². The van der Waals surface area contributed by atoms with Crippen LogP contribution in [0.15, 0.2) is 36.4 Å². The number of nitrogens with two attached hydrogens (primary N) is 1. The van der Waals surface area contributed by atoms with Crippen molar-refractivity contribution in [2.45, 2.75) is 19.4 Å². The third-order valence-corrected chi connectivity index (χ3v) is 4.94. The number of ether oxygens (including phenoxy) is 1. The predicted octanol–water partition coefficient (Wildman–Crippen LogP) is 3.45. The molecule has 0 spiro atoms. The summed E-state index contributed by atoms with van der Waals surface area (Å²) in [7, 11) is 1.45. The number of nitrogens with zero attached hydrogens (tertiary/aromatic N) is 1. The molecule has 2 aromatic carbocycles. The van der Waals surface area contributed by atoms with Crippen LogP contribution in [0.4, 0.5) is 8.78 Å². The Morgan fingerprint density at radius 2 is 2.00 bits per heavy atom. The van der Waals surface area contributed by atoms with Gasteiger partial charge in [-0.15, -0.1) is 0 Å². The molecule has 3 rings (SSSR count). The van der Waals surface area contributed by atoms with Gasteiger partial charge in [-0.25, -0.2) is 8.78 Å². The minimum atomic E-state index is -0.661. The minimum Gasteiger partial charge on any atom is -0.497 e. The summed E-state index contributed by atoms with van der Waals surface area (Å²) in [5, 5.41) is 0. The first-order valence-electron chi connectivity index (χ1n) is 8.59. The van der Waals surface area contributed by atoms with Crippen LogP contribution in [0, 0.1) is 17.6 Å². The third-order valence-electron chi connectivity index (χ3n) is 4.94. The Morgan fingerprint density at radius 3 is 2.58 bits per heavy atom. The first-order chi connectivity index (χ1) is 12.4. The van der Waals surface area contributed by atoms with Crippen molar-refractivity contribution in [3.05, 3.63) is 53.6 Å². The number of carbonyl (C=O) groups is 1. The van der Waals surface area contributed by atoms with Gasteiger partial charge in [0.15, 0.2) is 0 Å². The largest absolute Gasteiger partial charge is 0.497 e. The van der Waals surface area contributed by atoms with Gasteiger partial charge in [0.25, 0.3) is 5.91 Å². The number of benzene rings is 2. The van der Waals surface area contributed by atoms with Crippen molar-refractivity contribution in [2.24, 2.45) is 11.7 Å². The molecule has 26 heavy (non-hydrogen) atoms. The molecular formula is C20H22F2N2O2. The van der Waals surface area contributed by atoms with Crippen LogP contribution >= 0.6 is 0 Å². The quantitative estimate of drug-likeness (QED) is 0.909. The van der Waals surface area contributed by atoms with E-state index in [1.54, 1.807) is 17.0 Å².